The maximum atomic E-state index is 11.9. The van der Waals surface area contributed by atoms with E-state index < -0.39 is 11.4 Å². The number of carboxylic acids is 1. The summed E-state index contributed by atoms with van der Waals surface area (Å²) in [6.45, 7) is 1.91. The molecule has 1 saturated carbocycles. The lowest BCUT2D eigenvalue weighted by Gasteiger charge is -2.17. The summed E-state index contributed by atoms with van der Waals surface area (Å²) in [7, 11) is 0. The number of carbonyl (C=O) groups is 2. The molecular weight excluding hydrogens is 322 g/mol. The molecule has 1 aliphatic carbocycles. The first-order valence-electron chi connectivity index (χ1n) is 6.73. The van der Waals surface area contributed by atoms with Gasteiger partial charge in [0.25, 0.3) is 0 Å². The first kappa shape index (κ1) is 15.0. The quantitative estimate of drug-likeness (QED) is 0.783. The topological polar surface area (TPSA) is 66.4 Å². The van der Waals surface area contributed by atoms with Crippen LogP contribution in [0.25, 0.3) is 0 Å². The Balaban J connectivity index is 1.81. The van der Waals surface area contributed by atoms with Crippen LogP contribution in [0, 0.1) is 5.41 Å². The Kier molecular flexibility index (Phi) is 4.48. The largest absolute Gasteiger partial charge is 0.480 e. The fourth-order valence-electron chi connectivity index (χ4n) is 2.13. The third-order valence-corrected chi connectivity index (χ3v) is 4.28. The average Bonchev–Trinajstić information content (AvgIpc) is 3.19. The molecule has 0 spiro atoms. The third kappa shape index (κ3) is 3.39. The molecule has 0 unspecified atom stereocenters. The molecule has 2 N–H and O–H groups in total. The van der Waals surface area contributed by atoms with Gasteiger partial charge in [-0.2, -0.15) is 0 Å². The molecule has 1 aliphatic rings. The van der Waals surface area contributed by atoms with Crippen LogP contribution in [-0.4, -0.2) is 23.0 Å². The molecule has 0 aromatic heterocycles. The number of rotatable bonds is 6. The van der Waals surface area contributed by atoms with E-state index in [1.54, 1.807) is 0 Å². The molecule has 108 valence electrons. The number of aliphatic carboxylic acids is 1. The van der Waals surface area contributed by atoms with Crippen LogP contribution in [0.3, 0.4) is 0 Å². The molecule has 2 rings (SSSR count). The minimum absolute atomic E-state index is 0.0250. The standard InChI is InChI=1S/C15H18BrNO3/c1-10(2-3-11-4-6-12(16)7-5-11)17-13(18)15(8-9-15)14(19)20/h4-7,10H,2-3,8-9H2,1H3,(H,17,18)(H,19,20)/t10-/m0/s1. The summed E-state index contributed by atoms with van der Waals surface area (Å²) in [4.78, 5) is 23.0. The van der Waals surface area contributed by atoms with E-state index in [-0.39, 0.29) is 11.9 Å². The number of benzene rings is 1. The molecule has 0 saturated heterocycles. The van der Waals surface area contributed by atoms with E-state index in [1.165, 1.54) is 5.56 Å². The molecule has 20 heavy (non-hydrogen) atoms. The van der Waals surface area contributed by atoms with Gasteiger partial charge in [-0.15, -0.1) is 0 Å². The van der Waals surface area contributed by atoms with Gasteiger partial charge in [0.1, 0.15) is 5.41 Å². The average molecular weight is 340 g/mol. The Hall–Kier alpha value is -1.36. The highest BCUT2D eigenvalue weighted by Gasteiger charge is 2.57. The van der Waals surface area contributed by atoms with E-state index in [1.807, 2.05) is 31.2 Å². The second kappa shape index (κ2) is 5.95. The van der Waals surface area contributed by atoms with Crippen LogP contribution < -0.4 is 5.32 Å². The molecule has 1 fully saturated rings. The summed E-state index contributed by atoms with van der Waals surface area (Å²) in [6, 6.07) is 8.03. The fourth-order valence-corrected chi connectivity index (χ4v) is 2.40. The number of aryl methyl sites for hydroxylation is 1. The summed E-state index contributed by atoms with van der Waals surface area (Å²) >= 11 is 3.39. The van der Waals surface area contributed by atoms with Gasteiger partial charge in [0.05, 0.1) is 0 Å². The zero-order valence-electron chi connectivity index (χ0n) is 11.4. The maximum absolute atomic E-state index is 11.9. The van der Waals surface area contributed by atoms with Gasteiger partial charge in [-0.3, -0.25) is 9.59 Å². The van der Waals surface area contributed by atoms with Crippen LogP contribution >= 0.6 is 15.9 Å². The van der Waals surface area contributed by atoms with Crippen LogP contribution in [0.15, 0.2) is 28.7 Å². The second-order valence-electron chi connectivity index (χ2n) is 5.43. The van der Waals surface area contributed by atoms with E-state index in [0.29, 0.717) is 12.8 Å². The summed E-state index contributed by atoms with van der Waals surface area (Å²) in [5, 5.41) is 11.9. The van der Waals surface area contributed by atoms with E-state index in [4.69, 9.17) is 5.11 Å². The Labute approximate surface area is 126 Å². The van der Waals surface area contributed by atoms with Crippen molar-refractivity contribution in [1.29, 1.82) is 0 Å². The van der Waals surface area contributed by atoms with Gasteiger partial charge >= 0.3 is 5.97 Å². The van der Waals surface area contributed by atoms with Gasteiger partial charge in [-0.25, -0.2) is 0 Å². The first-order valence-corrected chi connectivity index (χ1v) is 7.52. The molecule has 1 aromatic rings. The van der Waals surface area contributed by atoms with Crippen molar-refractivity contribution in [2.24, 2.45) is 5.41 Å². The van der Waals surface area contributed by atoms with Crippen molar-refractivity contribution in [1.82, 2.24) is 5.32 Å². The molecule has 1 aromatic carbocycles. The van der Waals surface area contributed by atoms with Gasteiger partial charge in [0.15, 0.2) is 0 Å². The van der Waals surface area contributed by atoms with Crippen molar-refractivity contribution in [3.63, 3.8) is 0 Å². The van der Waals surface area contributed by atoms with Crippen molar-refractivity contribution in [2.75, 3.05) is 0 Å². The Morgan fingerprint density at radius 2 is 1.95 bits per heavy atom. The molecule has 0 heterocycles. The number of carboxylic acid groups (broad SMARTS) is 1. The highest BCUT2D eigenvalue weighted by Crippen LogP contribution is 2.46. The predicted octanol–water partition coefficient (Wildman–Crippen LogP) is 2.75. The van der Waals surface area contributed by atoms with Crippen LogP contribution in [0.2, 0.25) is 0 Å². The van der Waals surface area contributed by atoms with Gasteiger partial charge < -0.3 is 10.4 Å². The van der Waals surface area contributed by atoms with E-state index >= 15 is 0 Å². The smallest absolute Gasteiger partial charge is 0.319 e. The molecule has 0 aliphatic heterocycles. The van der Waals surface area contributed by atoms with E-state index in [0.717, 1.165) is 17.3 Å². The fraction of sp³-hybridized carbons (Fsp3) is 0.467. The molecular formula is C15H18BrNO3. The highest BCUT2D eigenvalue weighted by atomic mass is 79.9. The van der Waals surface area contributed by atoms with Gasteiger partial charge in [0, 0.05) is 10.5 Å². The van der Waals surface area contributed by atoms with Crippen LogP contribution in [-0.2, 0) is 16.0 Å². The summed E-state index contributed by atoms with van der Waals surface area (Å²) in [5.41, 5.74) is 0.0555. The van der Waals surface area contributed by atoms with Crippen LogP contribution in [0.4, 0.5) is 0 Å². The number of nitrogens with one attached hydrogen (secondary N) is 1. The van der Waals surface area contributed by atoms with Crippen molar-refractivity contribution >= 4 is 27.8 Å². The van der Waals surface area contributed by atoms with Gasteiger partial charge in [0.2, 0.25) is 5.91 Å². The monoisotopic (exact) mass is 339 g/mol. The van der Waals surface area contributed by atoms with E-state index in [9.17, 15) is 9.59 Å². The molecule has 4 nitrogen and oxygen atoms in total. The van der Waals surface area contributed by atoms with Crippen molar-refractivity contribution in [3.8, 4) is 0 Å². The summed E-state index contributed by atoms with van der Waals surface area (Å²) in [6.07, 6.45) is 2.55. The highest BCUT2D eigenvalue weighted by molar-refractivity contribution is 9.10. The summed E-state index contributed by atoms with van der Waals surface area (Å²) < 4.78 is 1.04. The van der Waals surface area contributed by atoms with Crippen LogP contribution in [0.1, 0.15) is 31.7 Å². The zero-order chi connectivity index (χ0) is 14.8. The second-order valence-corrected chi connectivity index (χ2v) is 6.34. The molecule has 1 amide bonds. The molecule has 1 atom stereocenters. The van der Waals surface area contributed by atoms with Crippen LogP contribution in [0.5, 0.6) is 0 Å². The van der Waals surface area contributed by atoms with Crippen molar-refractivity contribution < 1.29 is 14.7 Å². The number of hydrogen-bond donors (Lipinski definition) is 2. The van der Waals surface area contributed by atoms with Crippen molar-refractivity contribution in [2.45, 2.75) is 38.6 Å². The third-order valence-electron chi connectivity index (χ3n) is 3.75. The lowest BCUT2D eigenvalue weighted by Crippen LogP contribution is -2.41. The number of hydrogen-bond acceptors (Lipinski definition) is 2. The molecule has 0 radical (unpaired) electrons. The van der Waals surface area contributed by atoms with Gasteiger partial charge in [-0.05, 0) is 50.3 Å². The number of amides is 1. The predicted molar refractivity (Wildman–Crippen MR) is 79.4 cm³/mol. The normalized spacial score (nSPS) is 17.3. The minimum atomic E-state index is -1.15. The Morgan fingerprint density at radius 1 is 1.35 bits per heavy atom. The zero-order valence-corrected chi connectivity index (χ0v) is 12.9. The lowest BCUT2D eigenvalue weighted by molar-refractivity contribution is -0.149. The Morgan fingerprint density at radius 3 is 2.45 bits per heavy atom. The lowest BCUT2D eigenvalue weighted by atomic mass is 10.0. The molecule has 0 bridgehead atoms. The van der Waals surface area contributed by atoms with Gasteiger partial charge in [-0.1, -0.05) is 28.1 Å². The first-order chi connectivity index (χ1) is 9.44. The number of carbonyl (C=O) groups excluding carboxylic acids is 1. The number of halogens is 1. The Bertz CT molecular complexity index is 508. The molecule has 5 heteroatoms. The van der Waals surface area contributed by atoms with E-state index in [2.05, 4.69) is 21.2 Å². The maximum Gasteiger partial charge on any atom is 0.319 e. The minimum Gasteiger partial charge on any atom is -0.480 e. The van der Waals surface area contributed by atoms with Crippen molar-refractivity contribution in [3.05, 3.63) is 34.3 Å². The SMILES string of the molecule is C[C@@H](CCc1ccc(Br)cc1)NC(=O)C1(C(=O)O)CC1. The summed E-state index contributed by atoms with van der Waals surface area (Å²) in [5.74, 6) is -1.34.